The summed E-state index contributed by atoms with van der Waals surface area (Å²) in [5.74, 6) is -0.158. The van der Waals surface area contributed by atoms with Gasteiger partial charge in [0.05, 0.1) is 0 Å². The predicted molar refractivity (Wildman–Crippen MR) is 73.0 cm³/mol. The molecule has 0 radical (unpaired) electrons. The van der Waals surface area contributed by atoms with Crippen molar-refractivity contribution in [2.45, 2.75) is 38.8 Å². The van der Waals surface area contributed by atoms with Crippen LogP contribution >= 0.6 is 0 Å². The third kappa shape index (κ3) is 3.53. The molecule has 0 saturated carbocycles. The van der Waals surface area contributed by atoms with Crippen molar-refractivity contribution in [2.24, 2.45) is 0 Å². The Labute approximate surface area is 109 Å². The van der Waals surface area contributed by atoms with E-state index in [0.717, 1.165) is 32.6 Å². The van der Waals surface area contributed by atoms with Crippen molar-refractivity contribution in [3.05, 3.63) is 35.6 Å². The molecule has 2 rings (SSSR count). The van der Waals surface area contributed by atoms with Crippen LogP contribution < -0.4 is 5.32 Å². The Morgan fingerprint density at radius 1 is 1.33 bits per heavy atom. The molecule has 18 heavy (non-hydrogen) atoms. The molecule has 1 aliphatic heterocycles. The number of rotatable bonds is 3. The highest BCUT2D eigenvalue weighted by atomic mass is 19.1. The fraction of sp³-hybridized carbons (Fsp3) is 0.600. The van der Waals surface area contributed by atoms with E-state index in [1.807, 2.05) is 12.1 Å². The second-order valence-corrected chi connectivity index (χ2v) is 5.53. The Hall–Kier alpha value is -0.930. The SMILES string of the molecule is CCC1(C)CN(Cc2ccc(F)cc2)CCCN1. The van der Waals surface area contributed by atoms with Gasteiger partial charge in [-0.15, -0.1) is 0 Å². The molecule has 1 saturated heterocycles. The molecule has 0 aliphatic carbocycles. The van der Waals surface area contributed by atoms with Gasteiger partial charge in [0.2, 0.25) is 0 Å². The van der Waals surface area contributed by atoms with Gasteiger partial charge in [-0.2, -0.15) is 0 Å². The zero-order chi connectivity index (χ0) is 13.0. The molecule has 1 aromatic rings. The number of nitrogens with zero attached hydrogens (tertiary/aromatic N) is 1. The van der Waals surface area contributed by atoms with E-state index in [2.05, 4.69) is 24.1 Å². The highest BCUT2D eigenvalue weighted by Crippen LogP contribution is 2.17. The molecule has 0 amide bonds. The maximum Gasteiger partial charge on any atom is 0.123 e. The summed E-state index contributed by atoms with van der Waals surface area (Å²) in [5.41, 5.74) is 1.40. The first-order valence-corrected chi connectivity index (χ1v) is 6.83. The Balaban J connectivity index is 2.01. The molecular formula is C15H23FN2. The molecule has 1 atom stereocenters. The molecule has 100 valence electrons. The minimum Gasteiger partial charge on any atom is -0.310 e. The van der Waals surface area contributed by atoms with Gasteiger partial charge >= 0.3 is 0 Å². The number of hydrogen-bond acceptors (Lipinski definition) is 2. The van der Waals surface area contributed by atoms with Crippen LogP contribution in [0.25, 0.3) is 0 Å². The van der Waals surface area contributed by atoms with Gasteiger partial charge < -0.3 is 5.32 Å². The van der Waals surface area contributed by atoms with Crippen molar-refractivity contribution in [3.63, 3.8) is 0 Å². The van der Waals surface area contributed by atoms with Crippen molar-refractivity contribution >= 4 is 0 Å². The largest absolute Gasteiger partial charge is 0.310 e. The second kappa shape index (κ2) is 5.81. The first kappa shape index (κ1) is 13.5. The molecule has 0 bridgehead atoms. The van der Waals surface area contributed by atoms with Crippen LogP contribution in [0.15, 0.2) is 24.3 Å². The Morgan fingerprint density at radius 2 is 2.06 bits per heavy atom. The molecule has 1 N–H and O–H groups in total. The van der Waals surface area contributed by atoms with E-state index in [0.29, 0.717) is 0 Å². The molecule has 1 fully saturated rings. The van der Waals surface area contributed by atoms with E-state index < -0.39 is 0 Å². The van der Waals surface area contributed by atoms with Crippen molar-refractivity contribution < 1.29 is 4.39 Å². The summed E-state index contributed by atoms with van der Waals surface area (Å²) in [6, 6.07) is 6.86. The van der Waals surface area contributed by atoms with Gasteiger partial charge in [0.25, 0.3) is 0 Å². The highest BCUT2D eigenvalue weighted by molar-refractivity contribution is 5.16. The quantitative estimate of drug-likeness (QED) is 0.887. The fourth-order valence-electron chi connectivity index (χ4n) is 2.54. The maximum absolute atomic E-state index is 12.9. The molecule has 1 heterocycles. The lowest BCUT2D eigenvalue weighted by molar-refractivity contribution is 0.208. The van der Waals surface area contributed by atoms with Crippen LogP contribution in [0, 0.1) is 5.82 Å². The summed E-state index contributed by atoms with van der Waals surface area (Å²) in [6.07, 6.45) is 2.31. The van der Waals surface area contributed by atoms with E-state index in [-0.39, 0.29) is 11.4 Å². The van der Waals surface area contributed by atoms with Gasteiger partial charge in [-0.05, 0) is 50.6 Å². The van der Waals surface area contributed by atoms with Crippen LogP contribution in [0.5, 0.6) is 0 Å². The summed E-state index contributed by atoms with van der Waals surface area (Å²) < 4.78 is 12.9. The Morgan fingerprint density at radius 3 is 2.72 bits per heavy atom. The van der Waals surface area contributed by atoms with Crippen LogP contribution in [0.3, 0.4) is 0 Å². The van der Waals surface area contributed by atoms with Crippen LogP contribution in [0.1, 0.15) is 32.3 Å². The number of hydrogen-bond donors (Lipinski definition) is 1. The van der Waals surface area contributed by atoms with E-state index in [1.54, 1.807) is 12.1 Å². The second-order valence-electron chi connectivity index (χ2n) is 5.53. The van der Waals surface area contributed by atoms with Crippen molar-refractivity contribution in [1.29, 1.82) is 0 Å². The lowest BCUT2D eigenvalue weighted by Gasteiger charge is -2.32. The minimum atomic E-state index is -0.158. The lowest BCUT2D eigenvalue weighted by atomic mass is 9.98. The van der Waals surface area contributed by atoms with Crippen LogP contribution in [0.2, 0.25) is 0 Å². The lowest BCUT2D eigenvalue weighted by Crippen LogP contribution is -2.48. The average molecular weight is 250 g/mol. The first-order valence-electron chi connectivity index (χ1n) is 6.83. The van der Waals surface area contributed by atoms with Gasteiger partial charge in [0, 0.05) is 18.6 Å². The van der Waals surface area contributed by atoms with E-state index in [9.17, 15) is 4.39 Å². The number of benzene rings is 1. The zero-order valence-corrected chi connectivity index (χ0v) is 11.4. The van der Waals surface area contributed by atoms with E-state index in [4.69, 9.17) is 0 Å². The van der Waals surface area contributed by atoms with Crippen molar-refractivity contribution in [3.8, 4) is 0 Å². The fourth-order valence-corrected chi connectivity index (χ4v) is 2.54. The Kier molecular flexibility index (Phi) is 4.36. The van der Waals surface area contributed by atoms with Gasteiger partial charge in [-0.3, -0.25) is 4.90 Å². The maximum atomic E-state index is 12.9. The number of halogens is 1. The zero-order valence-electron chi connectivity index (χ0n) is 11.4. The van der Waals surface area contributed by atoms with Crippen molar-refractivity contribution in [2.75, 3.05) is 19.6 Å². The normalized spacial score (nSPS) is 25.9. The van der Waals surface area contributed by atoms with E-state index in [1.165, 1.54) is 12.0 Å². The highest BCUT2D eigenvalue weighted by Gasteiger charge is 2.26. The molecule has 0 spiro atoms. The molecule has 2 nitrogen and oxygen atoms in total. The topological polar surface area (TPSA) is 15.3 Å². The smallest absolute Gasteiger partial charge is 0.123 e. The molecule has 1 aliphatic rings. The average Bonchev–Trinajstić information content (AvgIpc) is 2.55. The van der Waals surface area contributed by atoms with Gasteiger partial charge in [-0.1, -0.05) is 19.1 Å². The van der Waals surface area contributed by atoms with Gasteiger partial charge in [0.15, 0.2) is 0 Å². The molecule has 1 aromatic carbocycles. The monoisotopic (exact) mass is 250 g/mol. The van der Waals surface area contributed by atoms with Gasteiger partial charge in [-0.25, -0.2) is 4.39 Å². The molecule has 0 aromatic heterocycles. The van der Waals surface area contributed by atoms with Crippen LogP contribution in [-0.4, -0.2) is 30.1 Å². The summed E-state index contributed by atoms with van der Waals surface area (Å²) in [7, 11) is 0. The van der Waals surface area contributed by atoms with E-state index >= 15 is 0 Å². The Bertz CT molecular complexity index is 377. The molecule has 3 heteroatoms. The standard InChI is InChI=1S/C15H23FN2/c1-3-15(2)12-18(10-4-9-17-15)11-13-5-7-14(16)8-6-13/h5-8,17H,3-4,9-12H2,1-2H3. The minimum absolute atomic E-state index is 0.158. The van der Waals surface area contributed by atoms with Crippen LogP contribution in [0.4, 0.5) is 4.39 Å². The summed E-state index contributed by atoms with van der Waals surface area (Å²) >= 11 is 0. The number of nitrogens with one attached hydrogen (secondary N) is 1. The van der Waals surface area contributed by atoms with Crippen LogP contribution in [-0.2, 0) is 6.54 Å². The molecular weight excluding hydrogens is 227 g/mol. The third-order valence-electron chi connectivity index (χ3n) is 3.88. The third-order valence-corrected chi connectivity index (χ3v) is 3.88. The van der Waals surface area contributed by atoms with Crippen molar-refractivity contribution in [1.82, 2.24) is 10.2 Å². The summed E-state index contributed by atoms with van der Waals surface area (Å²) in [6.45, 7) is 8.69. The first-order chi connectivity index (χ1) is 8.61. The summed E-state index contributed by atoms with van der Waals surface area (Å²) in [5, 5.41) is 3.63. The predicted octanol–water partition coefficient (Wildman–Crippen LogP) is 2.79. The van der Waals surface area contributed by atoms with Gasteiger partial charge in [0.1, 0.15) is 5.82 Å². The molecule has 1 unspecified atom stereocenters. The summed E-state index contributed by atoms with van der Waals surface area (Å²) in [4.78, 5) is 2.47.